The monoisotopic (exact) mass is 262 g/mol. The lowest BCUT2D eigenvalue weighted by Gasteiger charge is -2.08. The first-order valence-electron chi connectivity index (χ1n) is 5.80. The van der Waals surface area contributed by atoms with Gasteiger partial charge in [-0.25, -0.2) is 4.79 Å². The van der Waals surface area contributed by atoms with Crippen molar-refractivity contribution in [1.29, 1.82) is 0 Å². The van der Waals surface area contributed by atoms with Crippen molar-refractivity contribution in [3.8, 4) is 11.6 Å². The van der Waals surface area contributed by atoms with Crippen LogP contribution < -0.4 is 4.74 Å². The number of hydrogen-bond donors (Lipinski definition) is 1. The highest BCUT2D eigenvalue weighted by Gasteiger charge is 2.19. The van der Waals surface area contributed by atoms with Crippen molar-refractivity contribution in [3.63, 3.8) is 0 Å². The minimum atomic E-state index is -1.09. The Morgan fingerprint density at radius 2 is 2.16 bits per heavy atom. The number of aryl methyl sites for hydroxylation is 2. The molecule has 0 unspecified atom stereocenters. The smallest absolute Gasteiger partial charge is 0.341 e. The van der Waals surface area contributed by atoms with E-state index in [9.17, 15) is 9.90 Å². The van der Waals surface area contributed by atoms with Crippen molar-refractivity contribution in [1.82, 2.24) is 20.0 Å². The lowest BCUT2D eigenvalue weighted by molar-refractivity contribution is 0.0692. The van der Waals surface area contributed by atoms with Gasteiger partial charge in [0, 0.05) is 6.54 Å². The molecule has 2 aromatic heterocycles. The molecule has 0 aliphatic rings. The van der Waals surface area contributed by atoms with Crippen LogP contribution in [0.5, 0.6) is 11.6 Å². The third-order valence-electron chi connectivity index (χ3n) is 2.78. The van der Waals surface area contributed by atoms with Gasteiger partial charge in [-0.15, -0.1) is 5.10 Å². The summed E-state index contributed by atoms with van der Waals surface area (Å²) in [5, 5.41) is 21.0. The molecule has 0 saturated heterocycles. The largest absolute Gasteiger partial charge is 0.477 e. The van der Waals surface area contributed by atoms with Gasteiger partial charge in [-0.05, 0) is 26.3 Å². The minimum absolute atomic E-state index is 0.0220. The van der Waals surface area contributed by atoms with E-state index in [0.29, 0.717) is 23.6 Å². The summed E-state index contributed by atoms with van der Waals surface area (Å²) in [7, 11) is 0. The number of hydrogen-bond acceptors (Lipinski definition) is 5. The maximum atomic E-state index is 11.3. The molecule has 0 saturated carbocycles. The van der Waals surface area contributed by atoms with Crippen LogP contribution in [0.2, 0.25) is 0 Å². The van der Waals surface area contributed by atoms with Gasteiger partial charge in [0.05, 0.1) is 18.1 Å². The number of ether oxygens (including phenoxy) is 1. The number of carboxylic acid groups (broad SMARTS) is 1. The fraction of sp³-hybridized carbons (Fsp3) is 0.333. The molecule has 2 rings (SSSR count). The molecule has 0 atom stereocenters. The Morgan fingerprint density at radius 1 is 1.42 bits per heavy atom. The first-order chi connectivity index (χ1) is 9.02. The molecule has 0 amide bonds. The van der Waals surface area contributed by atoms with E-state index in [1.54, 1.807) is 24.7 Å². The third kappa shape index (κ3) is 2.54. The number of rotatable bonds is 4. The molecule has 0 aliphatic carbocycles. The van der Waals surface area contributed by atoms with Crippen molar-refractivity contribution < 1.29 is 14.6 Å². The zero-order valence-electron chi connectivity index (χ0n) is 10.9. The summed E-state index contributed by atoms with van der Waals surface area (Å²) in [6, 6.07) is 0. The van der Waals surface area contributed by atoms with E-state index >= 15 is 0 Å². The normalized spacial score (nSPS) is 10.5. The number of aromatic carboxylic acids is 1. The van der Waals surface area contributed by atoms with Crippen molar-refractivity contribution >= 4 is 5.97 Å². The van der Waals surface area contributed by atoms with Crippen LogP contribution in [0.1, 0.15) is 28.5 Å². The average molecular weight is 262 g/mol. The second-order valence-corrected chi connectivity index (χ2v) is 4.03. The Morgan fingerprint density at radius 3 is 2.74 bits per heavy atom. The molecule has 7 heteroatoms. The van der Waals surface area contributed by atoms with Crippen LogP contribution in [0.15, 0.2) is 12.4 Å². The van der Waals surface area contributed by atoms with E-state index in [0.717, 1.165) is 0 Å². The van der Waals surface area contributed by atoms with Gasteiger partial charge < -0.3 is 9.84 Å². The van der Waals surface area contributed by atoms with Crippen LogP contribution >= 0.6 is 0 Å². The predicted molar refractivity (Wildman–Crippen MR) is 66.4 cm³/mol. The highest BCUT2D eigenvalue weighted by molar-refractivity contribution is 5.92. The van der Waals surface area contributed by atoms with Crippen LogP contribution in [0.4, 0.5) is 0 Å². The fourth-order valence-electron chi connectivity index (χ4n) is 1.59. The van der Waals surface area contributed by atoms with Crippen molar-refractivity contribution in [2.75, 3.05) is 0 Å². The summed E-state index contributed by atoms with van der Waals surface area (Å²) in [5.74, 6) is -0.679. The van der Waals surface area contributed by atoms with Crippen LogP contribution in [0.25, 0.3) is 0 Å². The predicted octanol–water partition coefficient (Wildman–Crippen LogP) is 1.80. The molecular formula is C12H14N4O3. The number of carboxylic acids is 1. The molecule has 2 aromatic rings. The molecular weight excluding hydrogens is 248 g/mol. The van der Waals surface area contributed by atoms with Gasteiger partial charge in [-0.2, -0.15) is 10.2 Å². The first-order valence-corrected chi connectivity index (χ1v) is 5.80. The van der Waals surface area contributed by atoms with Crippen molar-refractivity contribution in [2.45, 2.75) is 27.3 Å². The maximum Gasteiger partial charge on any atom is 0.341 e. The van der Waals surface area contributed by atoms with Gasteiger partial charge in [-0.3, -0.25) is 4.68 Å². The summed E-state index contributed by atoms with van der Waals surface area (Å²) < 4.78 is 7.12. The van der Waals surface area contributed by atoms with Crippen LogP contribution in [-0.2, 0) is 6.54 Å². The van der Waals surface area contributed by atoms with Gasteiger partial charge in [0.1, 0.15) is 5.56 Å². The fourth-order valence-corrected chi connectivity index (χ4v) is 1.59. The van der Waals surface area contributed by atoms with E-state index in [2.05, 4.69) is 15.3 Å². The molecule has 19 heavy (non-hydrogen) atoms. The standard InChI is InChI=1S/C12H14N4O3/c1-4-16-6-9(5-13-16)19-11-10(12(17)18)7(2)8(3)14-15-11/h5-6H,4H2,1-3H3,(H,17,18). The molecule has 7 nitrogen and oxygen atoms in total. The highest BCUT2D eigenvalue weighted by Crippen LogP contribution is 2.25. The van der Waals surface area contributed by atoms with Gasteiger partial charge in [0.25, 0.3) is 5.88 Å². The second-order valence-electron chi connectivity index (χ2n) is 4.03. The Bertz CT molecular complexity index is 621. The second kappa shape index (κ2) is 5.05. The topological polar surface area (TPSA) is 90.1 Å². The molecule has 1 N–H and O–H groups in total. The summed E-state index contributed by atoms with van der Waals surface area (Å²) >= 11 is 0. The van der Waals surface area contributed by atoms with E-state index in [4.69, 9.17) is 4.74 Å². The molecule has 0 radical (unpaired) electrons. The van der Waals surface area contributed by atoms with Crippen LogP contribution in [-0.4, -0.2) is 31.1 Å². The Hall–Kier alpha value is -2.44. The molecule has 100 valence electrons. The summed E-state index contributed by atoms with van der Waals surface area (Å²) in [6.45, 7) is 6.02. The number of aromatic nitrogens is 4. The highest BCUT2D eigenvalue weighted by atomic mass is 16.5. The summed E-state index contributed by atoms with van der Waals surface area (Å²) in [6.07, 6.45) is 3.18. The SMILES string of the molecule is CCn1cc(Oc2nnc(C)c(C)c2C(=O)O)cn1. The Labute approximate surface area is 109 Å². The van der Waals surface area contributed by atoms with Crippen molar-refractivity contribution in [3.05, 3.63) is 29.2 Å². The lowest BCUT2D eigenvalue weighted by atomic mass is 10.1. The first kappa shape index (κ1) is 13.0. The average Bonchev–Trinajstić information content (AvgIpc) is 2.81. The summed E-state index contributed by atoms with van der Waals surface area (Å²) in [4.78, 5) is 11.3. The third-order valence-corrected chi connectivity index (χ3v) is 2.78. The van der Waals surface area contributed by atoms with Gasteiger partial charge in [-0.1, -0.05) is 0 Å². The molecule has 0 bridgehead atoms. The zero-order valence-corrected chi connectivity index (χ0v) is 10.9. The van der Waals surface area contributed by atoms with E-state index in [1.165, 1.54) is 6.20 Å². The number of carbonyl (C=O) groups is 1. The minimum Gasteiger partial charge on any atom is -0.477 e. The van der Waals surface area contributed by atoms with E-state index in [1.807, 2.05) is 6.92 Å². The van der Waals surface area contributed by atoms with Gasteiger partial charge in [0.2, 0.25) is 0 Å². The molecule has 0 fully saturated rings. The lowest BCUT2D eigenvalue weighted by Crippen LogP contribution is -2.08. The zero-order chi connectivity index (χ0) is 14.0. The van der Waals surface area contributed by atoms with Gasteiger partial charge >= 0.3 is 5.97 Å². The van der Waals surface area contributed by atoms with Crippen LogP contribution in [0.3, 0.4) is 0 Å². The molecule has 2 heterocycles. The van der Waals surface area contributed by atoms with E-state index < -0.39 is 5.97 Å². The Balaban J connectivity index is 2.39. The van der Waals surface area contributed by atoms with Gasteiger partial charge in [0.15, 0.2) is 5.75 Å². The van der Waals surface area contributed by atoms with Crippen molar-refractivity contribution in [2.24, 2.45) is 0 Å². The van der Waals surface area contributed by atoms with Crippen LogP contribution in [0, 0.1) is 13.8 Å². The molecule has 0 aliphatic heterocycles. The summed E-state index contributed by atoms with van der Waals surface area (Å²) in [5.41, 5.74) is 1.13. The Kier molecular flexibility index (Phi) is 3.46. The van der Waals surface area contributed by atoms with E-state index in [-0.39, 0.29) is 11.4 Å². The molecule has 0 spiro atoms. The maximum absolute atomic E-state index is 11.3. The number of nitrogens with zero attached hydrogens (tertiary/aromatic N) is 4. The quantitative estimate of drug-likeness (QED) is 0.903. The molecule has 0 aromatic carbocycles.